The zero-order chi connectivity index (χ0) is 27.6. The fourth-order valence-electron chi connectivity index (χ4n) is 7.33. The number of alkyl halides is 3. The summed E-state index contributed by atoms with van der Waals surface area (Å²) >= 11 is 0. The van der Waals surface area contributed by atoms with Gasteiger partial charge in [-0.3, -0.25) is 9.80 Å². The summed E-state index contributed by atoms with van der Waals surface area (Å²) in [4.78, 5) is 15.8. The van der Waals surface area contributed by atoms with Crippen molar-refractivity contribution in [3.63, 3.8) is 0 Å². The molecule has 2 saturated heterocycles. The topological polar surface area (TPSA) is 120 Å². The minimum absolute atomic E-state index is 0.0979. The van der Waals surface area contributed by atoms with E-state index in [0.29, 0.717) is 24.8 Å². The molecular formula is C25H39F3N8O2S. The summed E-state index contributed by atoms with van der Waals surface area (Å²) in [5.41, 5.74) is -0.866. The van der Waals surface area contributed by atoms with Crippen LogP contribution in [0.1, 0.15) is 50.5 Å². The molecule has 0 spiro atoms. The van der Waals surface area contributed by atoms with E-state index in [2.05, 4.69) is 42.3 Å². The molecule has 0 aromatic carbocycles. The number of hydrogen-bond donors (Lipinski definition) is 3. The standard InChI is InChI=1S/C25H39F3N8O2S/c1-34-6-2-18(3-7-34)35-8-10-36(11-9-35)23-12-17(13-23)20(14-23)32-22-30-15-19(25(26,27)28)21(33-22)31-16-24(4-5-24)39(29,37)38/h15,17-18,20H,2-14,16H2,1H3,(H2,29,37,38)(H2,30,31,32,33). The Morgan fingerprint density at radius 1 is 1.08 bits per heavy atom. The molecule has 6 fully saturated rings. The lowest BCUT2D eigenvalue weighted by atomic mass is 9.75. The van der Waals surface area contributed by atoms with Gasteiger partial charge in [-0.15, -0.1) is 0 Å². The third kappa shape index (κ3) is 5.22. The summed E-state index contributed by atoms with van der Waals surface area (Å²) < 4.78 is 63.5. The van der Waals surface area contributed by atoms with Crippen molar-refractivity contribution in [3.05, 3.63) is 11.8 Å². The van der Waals surface area contributed by atoms with Crippen LogP contribution in [0.25, 0.3) is 0 Å². The molecule has 39 heavy (non-hydrogen) atoms. The highest BCUT2D eigenvalue weighted by Gasteiger charge is 2.59. The zero-order valence-electron chi connectivity index (χ0n) is 22.4. The van der Waals surface area contributed by atoms with Crippen LogP contribution in [0, 0.1) is 5.92 Å². The number of rotatable bonds is 8. The van der Waals surface area contributed by atoms with Crippen molar-refractivity contribution in [1.82, 2.24) is 24.7 Å². The Labute approximate surface area is 227 Å². The first-order chi connectivity index (χ1) is 18.4. The fourth-order valence-corrected chi connectivity index (χ4v) is 8.27. The van der Waals surface area contributed by atoms with Crippen LogP contribution in [0.15, 0.2) is 6.20 Å². The third-order valence-electron chi connectivity index (χ3n) is 10.0. The molecule has 2 bridgehead atoms. The average molecular weight is 573 g/mol. The molecule has 218 valence electrons. The van der Waals surface area contributed by atoms with Gasteiger partial charge >= 0.3 is 6.18 Å². The van der Waals surface area contributed by atoms with Crippen molar-refractivity contribution < 1.29 is 21.6 Å². The lowest BCUT2D eigenvalue weighted by molar-refractivity contribution is -0.137. The predicted molar refractivity (Wildman–Crippen MR) is 142 cm³/mol. The van der Waals surface area contributed by atoms with Crippen molar-refractivity contribution in [3.8, 4) is 0 Å². The smallest absolute Gasteiger partial charge is 0.368 e. The number of piperazine rings is 1. The maximum atomic E-state index is 13.6. The molecule has 0 amide bonds. The first-order valence-electron chi connectivity index (χ1n) is 14.0. The van der Waals surface area contributed by atoms with Crippen LogP contribution in [0.3, 0.4) is 0 Å². The van der Waals surface area contributed by atoms with E-state index in [4.69, 9.17) is 5.14 Å². The first-order valence-corrected chi connectivity index (χ1v) is 15.6. The normalized spacial score (nSPS) is 32.1. The number of hydrogen-bond acceptors (Lipinski definition) is 9. The summed E-state index contributed by atoms with van der Waals surface area (Å²) in [6.45, 7) is 6.42. The minimum atomic E-state index is -4.67. The molecule has 1 aromatic rings. The van der Waals surface area contributed by atoms with E-state index in [9.17, 15) is 21.6 Å². The molecule has 3 heterocycles. The van der Waals surface area contributed by atoms with Gasteiger partial charge in [-0.05, 0) is 71.0 Å². The Balaban J connectivity index is 1.08. The number of fused-ring (bicyclic) bond motifs is 1. The first kappa shape index (κ1) is 27.4. The molecule has 7 rings (SSSR count). The van der Waals surface area contributed by atoms with Crippen LogP contribution in [0.4, 0.5) is 24.9 Å². The van der Waals surface area contributed by atoms with Crippen molar-refractivity contribution in [2.45, 2.75) is 73.5 Å². The SMILES string of the molecule is CN1CCC(N2CCN(C34CC(C3)C(Nc3ncc(C(F)(F)F)c(NCC5(S(N)(=O)=O)CC5)n3)C4)CC2)CC1. The van der Waals surface area contributed by atoms with Crippen molar-refractivity contribution in [1.29, 1.82) is 0 Å². The number of halogens is 3. The molecule has 10 nitrogen and oxygen atoms in total. The van der Waals surface area contributed by atoms with Crippen LogP contribution in [0.2, 0.25) is 0 Å². The number of primary sulfonamides is 1. The van der Waals surface area contributed by atoms with Crippen LogP contribution in [0.5, 0.6) is 0 Å². The highest BCUT2D eigenvalue weighted by Crippen LogP contribution is 2.56. The van der Waals surface area contributed by atoms with Gasteiger partial charge in [0.25, 0.3) is 0 Å². The summed E-state index contributed by atoms with van der Waals surface area (Å²) in [7, 11) is -1.69. The number of nitrogens with two attached hydrogens (primary N) is 1. The van der Waals surface area contributed by atoms with Gasteiger partial charge in [-0.2, -0.15) is 18.2 Å². The van der Waals surface area contributed by atoms with Crippen LogP contribution in [-0.2, 0) is 16.2 Å². The van der Waals surface area contributed by atoms with Gasteiger partial charge in [0, 0.05) is 56.5 Å². The molecule has 14 heteroatoms. The molecule has 1 unspecified atom stereocenters. The lowest BCUT2D eigenvalue weighted by Crippen LogP contribution is -2.61. The number of sulfonamides is 1. The number of aromatic nitrogens is 2. The quantitative estimate of drug-likeness (QED) is 0.428. The lowest BCUT2D eigenvalue weighted by Gasteiger charge is -2.52. The van der Waals surface area contributed by atoms with Crippen LogP contribution < -0.4 is 15.8 Å². The van der Waals surface area contributed by atoms with E-state index in [1.54, 1.807) is 0 Å². The average Bonchev–Trinajstić information content (AvgIpc) is 3.48. The second kappa shape index (κ2) is 9.68. The van der Waals surface area contributed by atoms with Crippen LogP contribution >= 0.6 is 0 Å². The van der Waals surface area contributed by atoms with Gasteiger partial charge in [-0.1, -0.05) is 0 Å². The number of nitrogens with zero attached hydrogens (tertiary/aromatic N) is 5. The third-order valence-corrected chi connectivity index (χ3v) is 11.8. The second-order valence-corrected chi connectivity index (χ2v) is 14.4. The Hall–Kier alpha value is -1.74. The largest absolute Gasteiger partial charge is 0.421 e. The Kier molecular flexibility index (Phi) is 6.81. The van der Waals surface area contributed by atoms with E-state index in [1.165, 1.54) is 25.9 Å². The Morgan fingerprint density at radius 3 is 2.33 bits per heavy atom. The van der Waals surface area contributed by atoms with Gasteiger partial charge in [0.2, 0.25) is 16.0 Å². The van der Waals surface area contributed by atoms with Gasteiger partial charge in [0.15, 0.2) is 0 Å². The molecule has 6 aliphatic rings. The molecule has 1 aromatic heterocycles. The predicted octanol–water partition coefficient (Wildman–Crippen LogP) is 1.77. The zero-order valence-corrected chi connectivity index (χ0v) is 23.2. The summed E-state index contributed by atoms with van der Waals surface area (Å²) in [5, 5.41) is 11.2. The van der Waals surface area contributed by atoms with E-state index in [1.807, 2.05) is 0 Å². The Bertz CT molecular complexity index is 1170. The molecule has 1 atom stereocenters. The number of piperidine rings is 1. The van der Waals surface area contributed by atoms with E-state index in [0.717, 1.165) is 51.6 Å². The van der Waals surface area contributed by atoms with Gasteiger partial charge in [0.1, 0.15) is 16.1 Å². The van der Waals surface area contributed by atoms with Gasteiger partial charge < -0.3 is 15.5 Å². The van der Waals surface area contributed by atoms with Crippen molar-refractivity contribution in [2.75, 3.05) is 63.5 Å². The van der Waals surface area contributed by atoms with E-state index < -0.39 is 32.3 Å². The molecule has 0 radical (unpaired) electrons. The molecule has 2 aliphatic heterocycles. The highest BCUT2D eigenvalue weighted by atomic mass is 32.2. The monoisotopic (exact) mass is 572 g/mol. The van der Waals surface area contributed by atoms with E-state index in [-0.39, 0.29) is 24.1 Å². The molecule has 4 aliphatic carbocycles. The number of nitrogens with one attached hydrogen (secondary N) is 2. The van der Waals surface area contributed by atoms with Gasteiger partial charge in [-0.25, -0.2) is 18.5 Å². The molecular weight excluding hydrogens is 533 g/mol. The van der Waals surface area contributed by atoms with E-state index >= 15 is 0 Å². The maximum Gasteiger partial charge on any atom is 0.421 e. The number of anilines is 2. The van der Waals surface area contributed by atoms with Crippen LogP contribution in [-0.4, -0.2) is 108 Å². The van der Waals surface area contributed by atoms with Crippen molar-refractivity contribution in [2.24, 2.45) is 11.1 Å². The molecule has 4 saturated carbocycles. The molecule has 4 N–H and O–H groups in total. The van der Waals surface area contributed by atoms with Gasteiger partial charge in [0.05, 0.1) is 0 Å². The summed E-state index contributed by atoms with van der Waals surface area (Å²) in [6, 6.07) is 0.785. The summed E-state index contributed by atoms with van der Waals surface area (Å²) in [5.74, 6) is 0.155. The summed E-state index contributed by atoms with van der Waals surface area (Å²) in [6.07, 6.45) is 2.30. The fraction of sp³-hybridized carbons (Fsp3) is 0.840. The second-order valence-electron chi connectivity index (χ2n) is 12.4. The van der Waals surface area contributed by atoms with Crippen molar-refractivity contribution >= 4 is 21.8 Å². The maximum absolute atomic E-state index is 13.6. The minimum Gasteiger partial charge on any atom is -0.368 e. The Morgan fingerprint density at radius 2 is 1.74 bits per heavy atom. The highest BCUT2D eigenvalue weighted by molar-refractivity contribution is 7.90. The number of likely N-dealkylation sites (tertiary alicyclic amines) is 1.